The number of rotatable bonds is 4. The normalized spacial score (nSPS) is 23.5. The van der Waals surface area contributed by atoms with Crippen LogP contribution in [0.3, 0.4) is 0 Å². The summed E-state index contributed by atoms with van der Waals surface area (Å²) in [4.78, 5) is -0.0665. The van der Waals surface area contributed by atoms with Gasteiger partial charge in [-0.2, -0.15) is 0 Å². The number of primary sulfonamides is 1. The molecule has 1 aliphatic carbocycles. The van der Waals surface area contributed by atoms with Crippen molar-refractivity contribution in [3.63, 3.8) is 0 Å². The molecule has 0 aromatic heterocycles. The third-order valence-electron chi connectivity index (χ3n) is 3.56. The minimum Gasteiger partial charge on any atom is -0.398 e. The molecule has 1 aromatic carbocycles. The van der Waals surface area contributed by atoms with E-state index in [1.165, 1.54) is 6.07 Å². The van der Waals surface area contributed by atoms with Gasteiger partial charge in [-0.25, -0.2) is 13.6 Å². The number of anilines is 2. The maximum Gasteiger partial charge on any atom is 0.240 e. The first-order valence-electron chi connectivity index (χ1n) is 6.21. The van der Waals surface area contributed by atoms with Gasteiger partial charge in [0, 0.05) is 24.3 Å². The summed E-state index contributed by atoms with van der Waals surface area (Å²) < 4.78 is 22.5. The fourth-order valence-corrected chi connectivity index (χ4v) is 3.20. The first-order chi connectivity index (χ1) is 8.91. The Morgan fingerprint density at radius 2 is 2.11 bits per heavy atom. The summed E-state index contributed by atoms with van der Waals surface area (Å²) in [6.07, 6.45) is 3.06. The average molecular weight is 285 g/mol. The Kier molecular flexibility index (Phi) is 3.98. The second kappa shape index (κ2) is 5.36. The summed E-state index contributed by atoms with van der Waals surface area (Å²) in [5.74, 6) is 0.235. The molecule has 106 valence electrons. The Morgan fingerprint density at radius 1 is 1.37 bits per heavy atom. The number of aliphatic hydroxyl groups is 1. The molecule has 0 amide bonds. The number of benzene rings is 1. The van der Waals surface area contributed by atoms with Gasteiger partial charge < -0.3 is 16.2 Å². The van der Waals surface area contributed by atoms with Crippen molar-refractivity contribution in [2.75, 3.05) is 17.7 Å². The van der Waals surface area contributed by atoms with Gasteiger partial charge in [0.15, 0.2) is 0 Å². The molecule has 0 heterocycles. The number of sulfonamides is 1. The maximum atomic E-state index is 11.3. The first-order valence-corrected chi connectivity index (χ1v) is 7.76. The van der Waals surface area contributed by atoms with Crippen LogP contribution in [0.15, 0.2) is 23.1 Å². The van der Waals surface area contributed by atoms with Crippen molar-refractivity contribution in [3.8, 4) is 0 Å². The molecule has 0 bridgehead atoms. The van der Waals surface area contributed by atoms with E-state index in [1.54, 1.807) is 12.1 Å². The van der Waals surface area contributed by atoms with Crippen LogP contribution in [0, 0.1) is 5.92 Å². The van der Waals surface area contributed by atoms with E-state index in [9.17, 15) is 13.5 Å². The van der Waals surface area contributed by atoms with Crippen LogP contribution < -0.4 is 16.2 Å². The van der Waals surface area contributed by atoms with E-state index in [2.05, 4.69) is 5.32 Å². The van der Waals surface area contributed by atoms with Crippen LogP contribution in [0.1, 0.15) is 19.3 Å². The first kappa shape index (κ1) is 14.1. The predicted molar refractivity (Wildman–Crippen MR) is 74.1 cm³/mol. The Labute approximate surface area is 112 Å². The molecule has 6 N–H and O–H groups in total. The minimum absolute atomic E-state index is 0.0665. The van der Waals surface area contributed by atoms with Gasteiger partial charge in [0.25, 0.3) is 0 Å². The molecule has 0 spiro atoms. The van der Waals surface area contributed by atoms with E-state index in [1.807, 2.05) is 0 Å². The van der Waals surface area contributed by atoms with E-state index in [4.69, 9.17) is 10.9 Å². The van der Waals surface area contributed by atoms with Gasteiger partial charge in [-0.3, -0.25) is 0 Å². The fourth-order valence-electron chi connectivity index (χ4n) is 2.56. The van der Waals surface area contributed by atoms with E-state index in [0.29, 0.717) is 0 Å². The van der Waals surface area contributed by atoms with Crippen molar-refractivity contribution in [1.29, 1.82) is 0 Å². The van der Waals surface area contributed by atoms with Crippen molar-refractivity contribution >= 4 is 21.4 Å². The van der Waals surface area contributed by atoms with Crippen molar-refractivity contribution in [1.82, 2.24) is 0 Å². The maximum absolute atomic E-state index is 11.3. The van der Waals surface area contributed by atoms with Gasteiger partial charge in [0.1, 0.15) is 4.90 Å². The highest BCUT2D eigenvalue weighted by molar-refractivity contribution is 7.89. The summed E-state index contributed by atoms with van der Waals surface area (Å²) in [5.41, 5.74) is 6.58. The molecule has 6 nitrogen and oxygen atoms in total. The molecule has 2 rings (SSSR count). The lowest BCUT2D eigenvalue weighted by Gasteiger charge is -2.20. The summed E-state index contributed by atoms with van der Waals surface area (Å²) in [6.45, 7) is 0.155. The van der Waals surface area contributed by atoms with Crippen LogP contribution in [0.5, 0.6) is 0 Å². The second-order valence-corrected chi connectivity index (χ2v) is 6.45. The van der Waals surface area contributed by atoms with Crippen molar-refractivity contribution in [2.24, 2.45) is 11.1 Å². The van der Waals surface area contributed by atoms with Crippen LogP contribution >= 0.6 is 0 Å². The zero-order chi connectivity index (χ0) is 14.0. The van der Waals surface area contributed by atoms with Crippen molar-refractivity contribution in [3.05, 3.63) is 18.2 Å². The standard InChI is InChI=1S/C12H19N3O3S/c13-10-6-9(4-5-12(10)19(14,17)18)15-11-3-1-2-8(11)7-16/h4-6,8,11,15-16H,1-3,7,13H2,(H2,14,17,18). The fraction of sp³-hybridized carbons (Fsp3) is 0.500. The lowest BCUT2D eigenvalue weighted by atomic mass is 10.0. The highest BCUT2D eigenvalue weighted by Crippen LogP contribution is 2.29. The largest absolute Gasteiger partial charge is 0.398 e. The second-order valence-electron chi connectivity index (χ2n) is 4.92. The van der Waals surface area contributed by atoms with Crippen LogP contribution in [-0.4, -0.2) is 26.2 Å². The lowest BCUT2D eigenvalue weighted by molar-refractivity contribution is 0.222. The number of nitrogens with two attached hydrogens (primary N) is 2. The van der Waals surface area contributed by atoms with Gasteiger partial charge in [-0.05, 0) is 31.0 Å². The van der Waals surface area contributed by atoms with Crippen LogP contribution in [0.4, 0.5) is 11.4 Å². The zero-order valence-corrected chi connectivity index (χ0v) is 11.4. The van der Waals surface area contributed by atoms with E-state index in [-0.39, 0.29) is 29.1 Å². The Balaban J connectivity index is 2.17. The summed E-state index contributed by atoms with van der Waals surface area (Å²) in [6, 6.07) is 4.80. The number of hydrogen-bond acceptors (Lipinski definition) is 5. The van der Waals surface area contributed by atoms with Gasteiger partial charge in [-0.1, -0.05) is 6.42 Å². The number of hydrogen-bond donors (Lipinski definition) is 4. The van der Waals surface area contributed by atoms with E-state index >= 15 is 0 Å². The molecular weight excluding hydrogens is 266 g/mol. The van der Waals surface area contributed by atoms with E-state index in [0.717, 1.165) is 24.9 Å². The molecule has 0 radical (unpaired) electrons. The zero-order valence-electron chi connectivity index (χ0n) is 10.5. The molecule has 19 heavy (non-hydrogen) atoms. The number of nitrogens with one attached hydrogen (secondary N) is 1. The highest BCUT2D eigenvalue weighted by Gasteiger charge is 2.26. The number of nitrogen functional groups attached to an aromatic ring is 1. The Morgan fingerprint density at radius 3 is 2.68 bits per heavy atom. The molecule has 1 fully saturated rings. The van der Waals surface area contributed by atoms with Crippen LogP contribution in [0.2, 0.25) is 0 Å². The molecule has 0 saturated heterocycles. The lowest BCUT2D eigenvalue weighted by Crippen LogP contribution is -2.26. The van der Waals surface area contributed by atoms with Crippen LogP contribution in [0.25, 0.3) is 0 Å². The Hall–Kier alpha value is -1.31. The van der Waals surface area contributed by atoms with Gasteiger partial charge in [-0.15, -0.1) is 0 Å². The quantitative estimate of drug-likeness (QED) is 0.600. The van der Waals surface area contributed by atoms with Crippen molar-refractivity contribution < 1.29 is 13.5 Å². The smallest absolute Gasteiger partial charge is 0.240 e. The molecule has 7 heteroatoms. The monoisotopic (exact) mass is 285 g/mol. The highest BCUT2D eigenvalue weighted by atomic mass is 32.2. The summed E-state index contributed by atoms with van der Waals surface area (Å²) in [7, 11) is -3.79. The van der Waals surface area contributed by atoms with E-state index < -0.39 is 10.0 Å². The van der Waals surface area contributed by atoms with Gasteiger partial charge in [0.05, 0.1) is 5.69 Å². The predicted octanol–water partition coefficient (Wildman–Crippen LogP) is 0.489. The third kappa shape index (κ3) is 3.17. The van der Waals surface area contributed by atoms with Crippen LogP contribution in [-0.2, 0) is 10.0 Å². The minimum atomic E-state index is -3.79. The average Bonchev–Trinajstić information content (AvgIpc) is 2.74. The molecule has 2 unspecified atom stereocenters. The summed E-state index contributed by atoms with van der Waals surface area (Å²) in [5, 5.41) is 17.6. The molecule has 1 aromatic rings. The molecule has 2 atom stereocenters. The SMILES string of the molecule is Nc1cc(NC2CCCC2CO)ccc1S(N)(=O)=O. The van der Waals surface area contributed by atoms with Gasteiger partial charge >= 0.3 is 0 Å². The van der Waals surface area contributed by atoms with Crippen molar-refractivity contribution in [2.45, 2.75) is 30.2 Å². The number of aliphatic hydroxyl groups excluding tert-OH is 1. The summed E-state index contributed by atoms with van der Waals surface area (Å²) >= 11 is 0. The molecular formula is C12H19N3O3S. The molecule has 0 aliphatic heterocycles. The third-order valence-corrected chi connectivity index (χ3v) is 4.55. The molecule has 1 aliphatic rings. The Bertz CT molecular complexity index is 559. The molecule has 1 saturated carbocycles. The topological polar surface area (TPSA) is 118 Å². The van der Waals surface area contributed by atoms with Gasteiger partial charge in [0.2, 0.25) is 10.0 Å².